The lowest BCUT2D eigenvalue weighted by Crippen LogP contribution is -2.43. The lowest BCUT2D eigenvalue weighted by molar-refractivity contribution is -0.145. The van der Waals surface area contributed by atoms with Crippen molar-refractivity contribution in [2.75, 3.05) is 6.61 Å². The van der Waals surface area contributed by atoms with Gasteiger partial charge in [-0.25, -0.2) is 9.59 Å². The van der Waals surface area contributed by atoms with Crippen molar-refractivity contribution >= 4 is 12.1 Å². The van der Waals surface area contributed by atoms with Crippen LogP contribution in [0.1, 0.15) is 23.6 Å². The summed E-state index contributed by atoms with van der Waals surface area (Å²) in [6, 6.07) is 25.8. The maximum absolute atomic E-state index is 12.4. The zero-order valence-electron chi connectivity index (χ0n) is 18.0. The summed E-state index contributed by atoms with van der Waals surface area (Å²) in [4.78, 5) is 24.6. The van der Waals surface area contributed by atoms with E-state index in [1.54, 1.807) is 6.92 Å². The molecule has 0 aliphatic heterocycles. The van der Waals surface area contributed by atoms with E-state index in [1.807, 2.05) is 84.9 Å². The van der Waals surface area contributed by atoms with E-state index in [-0.39, 0.29) is 19.6 Å². The van der Waals surface area contributed by atoms with Crippen LogP contribution in [0.5, 0.6) is 5.75 Å². The number of benzene rings is 3. The second-order valence-electron chi connectivity index (χ2n) is 7.13. The van der Waals surface area contributed by atoms with E-state index in [2.05, 4.69) is 5.32 Å². The summed E-state index contributed by atoms with van der Waals surface area (Å²) in [7, 11) is 0. The van der Waals surface area contributed by atoms with Crippen LogP contribution in [0.2, 0.25) is 0 Å². The molecule has 0 aromatic heterocycles. The molecule has 3 aromatic carbocycles. The van der Waals surface area contributed by atoms with Crippen LogP contribution in [-0.4, -0.2) is 24.7 Å². The Morgan fingerprint density at radius 1 is 0.750 bits per heavy atom. The standard InChI is InChI=1S/C26H27NO5/c1-2-30-25(28)24(27-26(29)32-19-22-11-7-4-8-12-22)17-20-13-15-23(16-14-20)31-18-21-9-5-3-6-10-21/h3-16,24H,2,17-19H2,1H3,(H,27,29)/t24-/m0/s1. The van der Waals surface area contributed by atoms with Crippen LogP contribution >= 0.6 is 0 Å². The van der Waals surface area contributed by atoms with Gasteiger partial charge in [-0.2, -0.15) is 0 Å². The van der Waals surface area contributed by atoms with Gasteiger partial charge in [0.25, 0.3) is 0 Å². The molecule has 0 unspecified atom stereocenters. The molecule has 3 rings (SSSR count). The van der Waals surface area contributed by atoms with Gasteiger partial charge in [0.15, 0.2) is 0 Å². The molecule has 166 valence electrons. The first-order valence-electron chi connectivity index (χ1n) is 10.5. The normalized spacial score (nSPS) is 11.3. The lowest BCUT2D eigenvalue weighted by atomic mass is 10.1. The molecule has 1 amide bonds. The predicted molar refractivity (Wildman–Crippen MR) is 121 cm³/mol. The average molecular weight is 434 g/mol. The van der Waals surface area contributed by atoms with Crippen molar-refractivity contribution in [1.29, 1.82) is 0 Å². The lowest BCUT2D eigenvalue weighted by Gasteiger charge is -2.17. The largest absolute Gasteiger partial charge is 0.489 e. The number of carbonyl (C=O) groups is 2. The SMILES string of the molecule is CCOC(=O)[C@H](Cc1ccc(OCc2ccccc2)cc1)NC(=O)OCc1ccccc1. The highest BCUT2D eigenvalue weighted by molar-refractivity contribution is 5.81. The molecule has 0 aliphatic rings. The highest BCUT2D eigenvalue weighted by Gasteiger charge is 2.23. The molecule has 1 atom stereocenters. The van der Waals surface area contributed by atoms with E-state index in [0.29, 0.717) is 6.61 Å². The molecule has 0 aliphatic carbocycles. The number of hydrogen-bond acceptors (Lipinski definition) is 5. The van der Waals surface area contributed by atoms with Gasteiger partial charge >= 0.3 is 12.1 Å². The Labute approximate surface area is 188 Å². The van der Waals surface area contributed by atoms with Gasteiger partial charge in [-0.1, -0.05) is 72.8 Å². The fourth-order valence-corrected chi connectivity index (χ4v) is 3.04. The third-order valence-electron chi connectivity index (χ3n) is 4.69. The van der Waals surface area contributed by atoms with Crippen molar-refractivity contribution in [2.45, 2.75) is 32.6 Å². The monoisotopic (exact) mass is 433 g/mol. The fourth-order valence-electron chi connectivity index (χ4n) is 3.04. The van der Waals surface area contributed by atoms with Crippen molar-refractivity contribution in [3.05, 3.63) is 102 Å². The van der Waals surface area contributed by atoms with Crippen LogP contribution in [0.15, 0.2) is 84.9 Å². The maximum atomic E-state index is 12.4. The van der Waals surface area contributed by atoms with Crippen molar-refractivity contribution in [2.24, 2.45) is 0 Å². The molecule has 0 saturated heterocycles. The molecule has 6 heteroatoms. The number of carbonyl (C=O) groups excluding carboxylic acids is 2. The van der Waals surface area contributed by atoms with Gasteiger partial charge in [0.2, 0.25) is 0 Å². The van der Waals surface area contributed by atoms with Crippen LogP contribution in [-0.2, 0) is 33.9 Å². The van der Waals surface area contributed by atoms with Gasteiger partial charge in [-0.15, -0.1) is 0 Å². The van der Waals surface area contributed by atoms with Gasteiger partial charge in [-0.05, 0) is 35.7 Å². The summed E-state index contributed by atoms with van der Waals surface area (Å²) in [6.45, 7) is 2.54. The number of amides is 1. The molecule has 6 nitrogen and oxygen atoms in total. The third kappa shape index (κ3) is 7.47. The van der Waals surface area contributed by atoms with Gasteiger partial charge < -0.3 is 19.5 Å². The second kappa shape index (κ2) is 12.2. The van der Waals surface area contributed by atoms with Crippen molar-refractivity contribution < 1.29 is 23.8 Å². The highest BCUT2D eigenvalue weighted by Crippen LogP contribution is 2.16. The molecule has 0 bridgehead atoms. The smallest absolute Gasteiger partial charge is 0.408 e. The van der Waals surface area contributed by atoms with Crippen molar-refractivity contribution in [3.8, 4) is 5.75 Å². The summed E-state index contributed by atoms with van der Waals surface area (Å²) in [5.74, 6) is 0.217. The van der Waals surface area contributed by atoms with Crippen LogP contribution in [0, 0.1) is 0 Å². The number of esters is 1. The molecule has 0 radical (unpaired) electrons. The van der Waals surface area contributed by atoms with Crippen LogP contribution in [0.4, 0.5) is 4.79 Å². The van der Waals surface area contributed by atoms with Crippen molar-refractivity contribution in [1.82, 2.24) is 5.32 Å². The molecule has 0 saturated carbocycles. The molecule has 1 N–H and O–H groups in total. The summed E-state index contributed by atoms with van der Waals surface area (Å²) >= 11 is 0. The van der Waals surface area contributed by atoms with E-state index >= 15 is 0 Å². The van der Waals surface area contributed by atoms with E-state index in [0.717, 1.165) is 22.4 Å². The zero-order valence-corrected chi connectivity index (χ0v) is 18.0. The summed E-state index contributed by atoms with van der Waals surface area (Å²) in [5.41, 5.74) is 2.80. The van der Waals surface area contributed by atoms with E-state index in [1.165, 1.54) is 0 Å². The highest BCUT2D eigenvalue weighted by atomic mass is 16.6. The van der Waals surface area contributed by atoms with Gasteiger partial charge in [0, 0.05) is 6.42 Å². The first kappa shape index (κ1) is 22.9. The Balaban J connectivity index is 1.55. The van der Waals surface area contributed by atoms with Gasteiger partial charge in [-0.3, -0.25) is 0 Å². The number of hydrogen-bond donors (Lipinski definition) is 1. The quantitative estimate of drug-likeness (QED) is 0.471. The minimum Gasteiger partial charge on any atom is -0.489 e. The summed E-state index contributed by atoms with van der Waals surface area (Å²) in [5, 5.41) is 2.61. The maximum Gasteiger partial charge on any atom is 0.408 e. The zero-order chi connectivity index (χ0) is 22.6. The molecule has 0 spiro atoms. The van der Waals surface area contributed by atoms with Crippen LogP contribution in [0.3, 0.4) is 0 Å². The molecule has 32 heavy (non-hydrogen) atoms. The molecular formula is C26H27NO5. The Morgan fingerprint density at radius 2 is 1.34 bits per heavy atom. The predicted octanol–water partition coefficient (Wildman–Crippen LogP) is 4.67. The van der Waals surface area contributed by atoms with Crippen LogP contribution in [0.25, 0.3) is 0 Å². The number of nitrogens with one attached hydrogen (secondary N) is 1. The summed E-state index contributed by atoms with van der Waals surface area (Å²) in [6.07, 6.45) is -0.396. The second-order valence-corrected chi connectivity index (χ2v) is 7.13. The van der Waals surface area contributed by atoms with Gasteiger partial charge in [0.05, 0.1) is 6.61 Å². The van der Waals surface area contributed by atoms with Crippen LogP contribution < -0.4 is 10.1 Å². The van der Waals surface area contributed by atoms with E-state index in [9.17, 15) is 9.59 Å². The first-order valence-corrected chi connectivity index (χ1v) is 10.5. The molecule has 3 aromatic rings. The first-order chi connectivity index (χ1) is 15.6. The van der Waals surface area contributed by atoms with E-state index in [4.69, 9.17) is 14.2 Å². The Kier molecular flexibility index (Phi) is 8.69. The Morgan fingerprint density at radius 3 is 1.94 bits per heavy atom. The average Bonchev–Trinajstić information content (AvgIpc) is 2.83. The number of rotatable bonds is 10. The Bertz CT molecular complexity index is 974. The number of alkyl carbamates (subject to hydrolysis) is 1. The van der Waals surface area contributed by atoms with Gasteiger partial charge in [0.1, 0.15) is 25.0 Å². The minimum atomic E-state index is -0.852. The third-order valence-corrected chi connectivity index (χ3v) is 4.69. The molecule has 0 heterocycles. The fraction of sp³-hybridized carbons (Fsp3) is 0.231. The minimum absolute atomic E-state index is 0.121. The topological polar surface area (TPSA) is 73.9 Å². The summed E-state index contributed by atoms with van der Waals surface area (Å²) < 4.78 is 16.2. The van der Waals surface area contributed by atoms with Crippen molar-refractivity contribution in [3.63, 3.8) is 0 Å². The Hall–Kier alpha value is -3.80. The molecular weight excluding hydrogens is 406 g/mol. The molecule has 0 fully saturated rings. The van der Waals surface area contributed by atoms with E-state index < -0.39 is 18.1 Å². The number of ether oxygens (including phenoxy) is 3.